The molecule has 0 saturated carbocycles. The van der Waals surface area contributed by atoms with Gasteiger partial charge in [-0.1, -0.05) is 6.08 Å². The number of anilines is 3. The molecule has 0 fully saturated rings. The molecule has 7 heteroatoms. The minimum atomic E-state index is -0.729. The molecule has 2 aromatic rings. The molecule has 0 atom stereocenters. The predicted octanol–water partition coefficient (Wildman–Crippen LogP) is 2.49. The van der Waals surface area contributed by atoms with E-state index in [1.54, 1.807) is 6.08 Å². The van der Waals surface area contributed by atoms with Gasteiger partial charge in [-0.25, -0.2) is 8.78 Å². The molecule has 19 heavy (non-hydrogen) atoms. The van der Waals surface area contributed by atoms with Crippen LogP contribution in [0.1, 0.15) is 0 Å². The number of hydrogen-bond acceptors (Lipinski definition) is 5. The Morgan fingerprint density at radius 2 is 2.16 bits per heavy atom. The minimum absolute atomic E-state index is 0.0732. The molecule has 0 aliphatic carbocycles. The summed E-state index contributed by atoms with van der Waals surface area (Å²) >= 11 is 0. The van der Waals surface area contributed by atoms with E-state index in [0.717, 1.165) is 12.1 Å². The number of aromatic nitrogens is 3. The van der Waals surface area contributed by atoms with Gasteiger partial charge in [0.1, 0.15) is 11.6 Å². The Labute approximate surface area is 108 Å². The maximum absolute atomic E-state index is 13.4. The molecule has 1 heterocycles. The molecular formula is C12H11F2N5. The van der Waals surface area contributed by atoms with Gasteiger partial charge in [-0.05, 0) is 12.1 Å². The number of hydrogen-bond donors (Lipinski definition) is 2. The van der Waals surface area contributed by atoms with Crippen molar-refractivity contribution >= 4 is 17.5 Å². The molecule has 0 unspecified atom stereocenters. The summed E-state index contributed by atoms with van der Waals surface area (Å²) in [6, 6.07) is 3.17. The number of nitrogens with one attached hydrogen (secondary N) is 2. The summed E-state index contributed by atoms with van der Waals surface area (Å²) in [5.74, 6) is -0.795. The van der Waals surface area contributed by atoms with Crippen molar-refractivity contribution in [3.63, 3.8) is 0 Å². The summed E-state index contributed by atoms with van der Waals surface area (Å²) in [5.41, 5.74) is 0.0732. The lowest BCUT2D eigenvalue weighted by atomic mass is 10.3. The van der Waals surface area contributed by atoms with Gasteiger partial charge in [-0.2, -0.15) is 10.1 Å². The SMILES string of the molecule is C=CCNc1cnnc(Nc2ccc(F)cc2F)n1. The highest BCUT2D eigenvalue weighted by atomic mass is 19.1. The molecule has 2 rings (SSSR count). The Balaban J connectivity index is 2.16. The van der Waals surface area contributed by atoms with Crippen LogP contribution in [0.5, 0.6) is 0 Å². The molecule has 1 aromatic carbocycles. The first kappa shape index (κ1) is 12.9. The van der Waals surface area contributed by atoms with E-state index in [1.165, 1.54) is 12.3 Å². The molecule has 0 spiro atoms. The lowest BCUT2D eigenvalue weighted by Crippen LogP contribution is -2.06. The average Bonchev–Trinajstić information content (AvgIpc) is 2.40. The van der Waals surface area contributed by atoms with Crippen LogP contribution in [-0.4, -0.2) is 21.7 Å². The second kappa shape index (κ2) is 5.85. The minimum Gasteiger partial charge on any atom is -0.365 e. The van der Waals surface area contributed by atoms with E-state index in [4.69, 9.17) is 0 Å². The molecule has 2 N–H and O–H groups in total. The largest absolute Gasteiger partial charge is 0.365 e. The first-order valence-corrected chi connectivity index (χ1v) is 5.45. The predicted molar refractivity (Wildman–Crippen MR) is 68.2 cm³/mol. The molecule has 5 nitrogen and oxygen atoms in total. The summed E-state index contributed by atoms with van der Waals surface area (Å²) in [5, 5.41) is 13.0. The van der Waals surface area contributed by atoms with E-state index in [1.807, 2.05) is 0 Å². The van der Waals surface area contributed by atoms with Crippen molar-refractivity contribution in [3.05, 3.63) is 48.7 Å². The maximum Gasteiger partial charge on any atom is 0.249 e. The average molecular weight is 263 g/mol. The molecular weight excluding hydrogens is 252 g/mol. The summed E-state index contributed by atoms with van der Waals surface area (Å²) < 4.78 is 26.2. The van der Waals surface area contributed by atoms with Crippen LogP contribution < -0.4 is 10.6 Å². The van der Waals surface area contributed by atoms with Gasteiger partial charge in [0.2, 0.25) is 5.95 Å². The molecule has 0 bridgehead atoms. The van der Waals surface area contributed by atoms with E-state index >= 15 is 0 Å². The van der Waals surface area contributed by atoms with Crippen molar-refractivity contribution in [3.8, 4) is 0 Å². The highest BCUT2D eigenvalue weighted by Gasteiger charge is 2.06. The van der Waals surface area contributed by atoms with Crippen LogP contribution >= 0.6 is 0 Å². The van der Waals surface area contributed by atoms with Crippen LogP contribution in [0.15, 0.2) is 37.1 Å². The van der Waals surface area contributed by atoms with Crippen molar-refractivity contribution in [1.29, 1.82) is 0 Å². The van der Waals surface area contributed by atoms with Crippen molar-refractivity contribution in [1.82, 2.24) is 15.2 Å². The zero-order valence-electron chi connectivity index (χ0n) is 9.90. The van der Waals surface area contributed by atoms with Crippen LogP contribution in [0, 0.1) is 11.6 Å². The van der Waals surface area contributed by atoms with E-state index in [9.17, 15) is 8.78 Å². The number of nitrogens with zero attached hydrogens (tertiary/aromatic N) is 3. The van der Waals surface area contributed by atoms with Crippen molar-refractivity contribution in [2.75, 3.05) is 17.2 Å². The van der Waals surface area contributed by atoms with Gasteiger partial charge in [0, 0.05) is 12.6 Å². The summed E-state index contributed by atoms with van der Waals surface area (Å²) in [4.78, 5) is 4.07. The van der Waals surface area contributed by atoms with Gasteiger partial charge >= 0.3 is 0 Å². The first-order chi connectivity index (χ1) is 9.19. The third-order valence-electron chi connectivity index (χ3n) is 2.16. The van der Waals surface area contributed by atoms with Crippen molar-refractivity contribution in [2.45, 2.75) is 0 Å². The van der Waals surface area contributed by atoms with Crippen molar-refractivity contribution < 1.29 is 8.78 Å². The fraction of sp³-hybridized carbons (Fsp3) is 0.0833. The van der Waals surface area contributed by atoms with Gasteiger partial charge in [-0.3, -0.25) is 0 Å². The molecule has 1 aromatic heterocycles. The van der Waals surface area contributed by atoms with E-state index in [0.29, 0.717) is 12.4 Å². The maximum atomic E-state index is 13.4. The Bertz CT molecular complexity index is 588. The third kappa shape index (κ3) is 3.44. The zero-order valence-corrected chi connectivity index (χ0v) is 9.90. The Morgan fingerprint density at radius 3 is 2.89 bits per heavy atom. The van der Waals surface area contributed by atoms with Gasteiger partial charge in [0.25, 0.3) is 0 Å². The second-order valence-corrected chi connectivity index (χ2v) is 3.58. The second-order valence-electron chi connectivity index (χ2n) is 3.58. The van der Waals surface area contributed by atoms with Gasteiger partial charge in [0.15, 0.2) is 5.82 Å². The van der Waals surface area contributed by atoms with Crippen LogP contribution in [0.4, 0.5) is 26.2 Å². The highest BCUT2D eigenvalue weighted by Crippen LogP contribution is 2.18. The number of benzene rings is 1. The van der Waals surface area contributed by atoms with Crippen LogP contribution in [-0.2, 0) is 0 Å². The molecule has 0 saturated heterocycles. The smallest absolute Gasteiger partial charge is 0.249 e. The monoisotopic (exact) mass is 263 g/mol. The molecule has 0 amide bonds. The molecule has 0 aliphatic rings. The molecule has 98 valence electrons. The molecule has 0 radical (unpaired) electrons. The Kier molecular flexibility index (Phi) is 3.97. The number of halogens is 2. The van der Waals surface area contributed by atoms with Crippen molar-refractivity contribution in [2.24, 2.45) is 0 Å². The summed E-state index contributed by atoms with van der Waals surface area (Å²) in [6.45, 7) is 4.08. The quantitative estimate of drug-likeness (QED) is 0.811. The van der Waals surface area contributed by atoms with Gasteiger partial charge in [0.05, 0.1) is 11.9 Å². The Morgan fingerprint density at radius 1 is 1.32 bits per heavy atom. The summed E-state index contributed by atoms with van der Waals surface area (Å²) in [6.07, 6.45) is 3.09. The highest BCUT2D eigenvalue weighted by molar-refractivity contribution is 5.54. The normalized spacial score (nSPS) is 10.0. The van der Waals surface area contributed by atoms with Crippen LogP contribution in [0.25, 0.3) is 0 Å². The molecule has 0 aliphatic heterocycles. The topological polar surface area (TPSA) is 62.7 Å². The third-order valence-corrected chi connectivity index (χ3v) is 2.16. The van der Waals surface area contributed by atoms with Gasteiger partial charge in [-0.15, -0.1) is 11.7 Å². The standard InChI is InChI=1S/C12H11F2N5/c1-2-5-15-11-7-16-19-12(18-11)17-10-4-3-8(13)6-9(10)14/h2-4,6-7H,1,5H2,(H2,15,17,18,19). The van der Waals surface area contributed by atoms with Crippen LogP contribution in [0.2, 0.25) is 0 Å². The van der Waals surface area contributed by atoms with Crippen LogP contribution in [0.3, 0.4) is 0 Å². The summed E-state index contributed by atoms with van der Waals surface area (Å²) in [7, 11) is 0. The Hall–Kier alpha value is -2.57. The zero-order chi connectivity index (χ0) is 13.7. The fourth-order valence-electron chi connectivity index (χ4n) is 1.33. The lowest BCUT2D eigenvalue weighted by molar-refractivity contribution is 0.586. The fourth-order valence-corrected chi connectivity index (χ4v) is 1.33. The number of rotatable bonds is 5. The van der Waals surface area contributed by atoms with Gasteiger partial charge < -0.3 is 10.6 Å². The van der Waals surface area contributed by atoms with E-state index in [-0.39, 0.29) is 11.6 Å². The first-order valence-electron chi connectivity index (χ1n) is 5.45. The van der Waals surface area contributed by atoms with E-state index < -0.39 is 11.6 Å². The lowest BCUT2D eigenvalue weighted by Gasteiger charge is -2.07. The van der Waals surface area contributed by atoms with E-state index in [2.05, 4.69) is 32.4 Å².